The summed E-state index contributed by atoms with van der Waals surface area (Å²) in [5.74, 6) is 0.152. The van der Waals surface area contributed by atoms with Gasteiger partial charge in [-0.2, -0.15) is 0 Å². The Balaban J connectivity index is 1.66. The number of carbonyl (C=O) groups is 1. The molecule has 1 aliphatic rings. The zero-order valence-corrected chi connectivity index (χ0v) is 15.9. The molecule has 1 amide bonds. The number of nitrogens with one attached hydrogen (secondary N) is 1. The Bertz CT molecular complexity index is 890. The van der Waals surface area contributed by atoms with Crippen LogP contribution in [0.5, 0.6) is 0 Å². The second kappa shape index (κ2) is 7.60. The summed E-state index contributed by atoms with van der Waals surface area (Å²) in [5.41, 5.74) is 3.16. The van der Waals surface area contributed by atoms with Crippen LogP contribution in [0.4, 0.5) is 0 Å². The highest BCUT2D eigenvalue weighted by atomic mass is 32.2. The molecular formula is C20H24N2O3S. The van der Waals surface area contributed by atoms with Crippen LogP contribution in [0, 0.1) is 0 Å². The minimum absolute atomic E-state index is 0.179. The average molecular weight is 372 g/mol. The summed E-state index contributed by atoms with van der Waals surface area (Å²) in [5, 5.41) is 2.99. The molecule has 1 N–H and O–H groups in total. The number of fused-ring (bicyclic) bond motifs is 1. The van der Waals surface area contributed by atoms with Gasteiger partial charge in [0.25, 0.3) is 5.91 Å². The maximum atomic E-state index is 12.4. The number of hydrogen-bond acceptors (Lipinski definition) is 3. The van der Waals surface area contributed by atoms with Crippen molar-refractivity contribution < 1.29 is 13.2 Å². The zero-order valence-electron chi connectivity index (χ0n) is 15.1. The molecule has 1 unspecified atom stereocenters. The number of benzene rings is 2. The molecule has 0 saturated carbocycles. The topological polar surface area (TPSA) is 66.5 Å². The monoisotopic (exact) mass is 372 g/mol. The first kappa shape index (κ1) is 18.6. The molecule has 0 heterocycles. The predicted molar refractivity (Wildman–Crippen MR) is 102 cm³/mol. The number of hydrogen-bond donors (Lipinski definition) is 1. The third kappa shape index (κ3) is 3.81. The van der Waals surface area contributed by atoms with Crippen molar-refractivity contribution in [1.29, 1.82) is 0 Å². The highest BCUT2D eigenvalue weighted by Gasteiger charge is 2.21. The van der Waals surface area contributed by atoms with Gasteiger partial charge in [0, 0.05) is 32.1 Å². The summed E-state index contributed by atoms with van der Waals surface area (Å²) < 4.78 is 25.3. The molecule has 0 bridgehead atoms. The lowest BCUT2D eigenvalue weighted by Crippen LogP contribution is -2.30. The van der Waals surface area contributed by atoms with Crippen LogP contribution < -0.4 is 5.32 Å². The smallest absolute Gasteiger partial charge is 0.251 e. The fourth-order valence-electron chi connectivity index (χ4n) is 3.37. The summed E-state index contributed by atoms with van der Waals surface area (Å²) >= 11 is 0. The molecule has 6 heteroatoms. The molecule has 1 atom stereocenters. The van der Waals surface area contributed by atoms with Gasteiger partial charge < -0.3 is 5.32 Å². The van der Waals surface area contributed by atoms with Gasteiger partial charge in [-0.1, -0.05) is 24.3 Å². The van der Waals surface area contributed by atoms with E-state index in [1.54, 1.807) is 12.1 Å². The highest BCUT2D eigenvalue weighted by molar-refractivity contribution is 7.89. The van der Waals surface area contributed by atoms with Crippen LogP contribution in [0.2, 0.25) is 0 Å². The molecule has 0 saturated heterocycles. The number of aryl methyl sites for hydroxylation is 1. The van der Waals surface area contributed by atoms with Crippen molar-refractivity contribution in [3.05, 3.63) is 65.2 Å². The third-order valence-corrected chi connectivity index (χ3v) is 6.73. The van der Waals surface area contributed by atoms with Crippen LogP contribution in [0.15, 0.2) is 53.4 Å². The van der Waals surface area contributed by atoms with Crippen molar-refractivity contribution in [2.75, 3.05) is 20.6 Å². The molecule has 0 spiro atoms. The summed E-state index contributed by atoms with van der Waals surface area (Å²) in [6.07, 6.45) is 3.30. The minimum Gasteiger partial charge on any atom is -0.351 e. The molecule has 2 aromatic carbocycles. The molecule has 0 fully saturated rings. The maximum absolute atomic E-state index is 12.4. The lowest BCUT2D eigenvalue weighted by Gasteiger charge is -2.25. The Kier molecular flexibility index (Phi) is 5.44. The van der Waals surface area contributed by atoms with E-state index in [9.17, 15) is 13.2 Å². The van der Waals surface area contributed by atoms with Crippen LogP contribution in [0.3, 0.4) is 0 Å². The van der Waals surface area contributed by atoms with E-state index in [2.05, 4.69) is 23.5 Å². The molecule has 0 radical (unpaired) electrons. The Morgan fingerprint density at radius 2 is 1.81 bits per heavy atom. The molecular weight excluding hydrogens is 348 g/mol. The van der Waals surface area contributed by atoms with Crippen LogP contribution >= 0.6 is 0 Å². The van der Waals surface area contributed by atoms with E-state index in [4.69, 9.17) is 0 Å². The first-order chi connectivity index (χ1) is 12.4. The number of sulfonamides is 1. The molecule has 0 aliphatic heterocycles. The lowest BCUT2D eigenvalue weighted by atomic mass is 9.83. The standard InChI is InChI=1S/C20H24N2O3S/c1-22(2)26(24,25)18-12-10-16(11-13-18)20(23)21-14-17-8-5-7-15-6-3-4-9-19(15)17/h3-4,6,9-13,17H,5,7-8,14H2,1-2H3,(H,21,23). The summed E-state index contributed by atoms with van der Waals surface area (Å²) in [6.45, 7) is 0.591. The molecule has 138 valence electrons. The quantitative estimate of drug-likeness (QED) is 0.878. The van der Waals surface area contributed by atoms with Gasteiger partial charge in [0.1, 0.15) is 0 Å². The molecule has 1 aliphatic carbocycles. The second-order valence-electron chi connectivity index (χ2n) is 6.81. The van der Waals surface area contributed by atoms with E-state index < -0.39 is 10.0 Å². The van der Waals surface area contributed by atoms with Crippen molar-refractivity contribution in [2.24, 2.45) is 0 Å². The van der Waals surface area contributed by atoms with Gasteiger partial charge in [-0.3, -0.25) is 4.79 Å². The van der Waals surface area contributed by atoms with Gasteiger partial charge in [-0.05, 0) is 54.7 Å². The van der Waals surface area contributed by atoms with Crippen LogP contribution in [-0.4, -0.2) is 39.3 Å². The molecule has 5 nitrogen and oxygen atoms in total. The summed E-state index contributed by atoms with van der Waals surface area (Å²) in [7, 11) is -0.512. The highest BCUT2D eigenvalue weighted by Crippen LogP contribution is 2.30. The van der Waals surface area contributed by atoms with E-state index in [1.807, 2.05) is 6.07 Å². The van der Waals surface area contributed by atoms with Crippen molar-refractivity contribution >= 4 is 15.9 Å². The van der Waals surface area contributed by atoms with Crippen molar-refractivity contribution in [3.8, 4) is 0 Å². The first-order valence-electron chi connectivity index (χ1n) is 8.78. The van der Waals surface area contributed by atoms with Crippen LogP contribution in [-0.2, 0) is 16.4 Å². The van der Waals surface area contributed by atoms with Crippen molar-refractivity contribution in [2.45, 2.75) is 30.1 Å². The maximum Gasteiger partial charge on any atom is 0.251 e. The Morgan fingerprint density at radius 1 is 1.12 bits per heavy atom. The Labute approximate surface area is 155 Å². The van der Waals surface area contributed by atoms with Gasteiger partial charge in [0.05, 0.1) is 4.90 Å². The zero-order chi connectivity index (χ0) is 18.7. The van der Waals surface area contributed by atoms with E-state index in [-0.39, 0.29) is 10.8 Å². The van der Waals surface area contributed by atoms with Crippen molar-refractivity contribution in [3.63, 3.8) is 0 Å². The van der Waals surface area contributed by atoms with Gasteiger partial charge in [0.15, 0.2) is 0 Å². The number of nitrogens with zero attached hydrogens (tertiary/aromatic N) is 1. The molecule has 2 aromatic rings. The van der Waals surface area contributed by atoms with E-state index in [0.717, 1.165) is 23.6 Å². The number of rotatable bonds is 5. The second-order valence-corrected chi connectivity index (χ2v) is 8.96. The summed E-state index contributed by atoms with van der Waals surface area (Å²) in [4.78, 5) is 12.6. The van der Waals surface area contributed by atoms with E-state index >= 15 is 0 Å². The van der Waals surface area contributed by atoms with Gasteiger partial charge in [0.2, 0.25) is 10.0 Å². The fraction of sp³-hybridized carbons (Fsp3) is 0.350. The van der Waals surface area contributed by atoms with E-state index in [1.165, 1.54) is 37.4 Å². The molecule has 0 aromatic heterocycles. The third-order valence-electron chi connectivity index (χ3n) is 4.90. The number of amides is 1. The fourth-order valence-corrected chi connectivity index (χ4v) is 4.28. The van der Waals surface area contributed by atoms with Gasteiger partial charge in [-0.25, -0.2) is 12.7 Å². The predicted octanol–water partition coefficient (Wildman–Crippen LogP) is 2.79. The normalized spacial score (nSPS) is 17.0. The summed E-state index contributed by atoms with van der Waals surface area (Å²) in [6, 6.07) is 14.5. The van der Waals surface area contributed by atoms with E-state index in [0.29, 0.717) is 18.0 Å². The van der Waals surface area contributed by atoms with Gasteiger partial charge >= 0.3 is 0 Å². The van der Waals surface area contributed by atoms with Crippen LogP contribution in [0.1, 0.15) is 40.2 Å². The average Bonchev–Trinajstić information content (AvgIpc) is 2.66. The lowest BCUT2D eigenvalue weighted by molar-refractivity contribution is 0.0950. The van der Waals surface area contributed by atoms with Gasteiger partial charge in [-0.15, -0.1) is 0 Å². The molecule has 3 rings (SSSR count). The van der Waals surface area contributed by atoms with Crippen LogP contribution in [0.25, 0.3) is 0 Å². The Morgan fingerprint density at radius 3 is 2.50 bits per heavy atom. The number of carbonyl (C=O) groups excluding carboxylic acids is 1. The Hall–Kier alpha value is -2.18. The largest absolute Gasteiger partial charge is 0.351 e. The SMILES string of the molecule is CN(C)S(=O)(=O)c1ccc(C(=O)NCC2CCCc3ccccc32)cc1. The minimum atomic E-state index is -3.48. The first-order valence-corrected chi connectivity index (χ1v) is 10.2. The van der Waals surface area contributed by atoms with Crippen molar-refractivity contribution in [1.82, 2.24) is 9.62 Å². The molecule has 26 heavy (non-hydrogen) atoms.